The summed E-state index contributed by atoms with van der Waals surface area (Å²) in [6.45, 7) is 2.14. The van der Waals surface area contributed by atoms with Gasteiger partial charge in [0.05, 0.1) is 16.8 Å². The van der Waals surface area contributed by atoms with Gasteiger partial charge in [-0.25, -0.2) is 4.57 Å². The molecular formula is C18H15N2OS+. The van der Waals surface area contributed by atoms with E-state index in [0.29, 0.717) is 0 Å². The van der Waals surface area contributed by atoms with E-state index in [2.05, 4.69) is 30.1 Å². The lowest BCUT2D eigenvalue weighted by Gasteiger charge is -2.22. The van der Waals surface area contributed by atoms with Crippen LogP contribution in [0.15, 0.2) is 64.8 Å². The first-order chi connectivity index (χ1) is 10.7. The van der Waals surface area contributed by atoms with E-state index in [9.17, 15) is 0 Å². The largest absolute Gasteiger partial charge is 0.455 e. The number of aryl methyl sites for hydroxylation is 2. The second kappa shape index (κ2) is 5.14. The van der Waals surface area contributed by atoms with Crippen molar-refractivity contribution < 1.29 is 9.30 Å². The summed E-state index contributed by atoms with van der Waals surface area (Å²) in [5, 5.41) is 0. The van der Waals surface area contributed by atoms with E-state index in [1.165, 1.54) is 16.0 Å². The first kappa shape index (κ1) is 13.3. The minimum absolute atomic E-state index is 0.918. The van der Waals surface area contributed by atoms with E-state index in [1.54, 1.807) is 11.8 Å². The fourth-order valence-electron chi connectivity index (χ4n) is 2.70. The van der Waals surface area contributed by atoms with Gasteiger partial charge in [0.25, 0.3) is 6.33 Å². The summed E-state index contributed by atoms with van der Waals surface area (Å²) < 4.78 is 8.13. The molecule has 1 aliphatic rings. The van der Waals surface area contributed by atoms with Gasteiger partial charge in [0, 0.05) is 11.6 Å². The Kier molecular flexibility index (Phi) is 3.12. The first-order valence-electron chi connectivity index (χ1n) is 7.12. The molecule has 3 aromatic rings. The van der Waals surface area contributed by atoms with Crippen LogP contribution < -0.4 is 9.30 Å². The average molecular weight is 307 g/mol. The number of ether oxygens (including phenoxy) is 1. The summed E-state index contributed by atoms with van der Waals surface area (Å²) in [6, 6.07) is 14.4. The van der Waals surface area contributed by atoms with Crippen LogP contribution in [0.3, 0.4) is 0 Å². The molecule has 0 saturated carbocycles. The summed E-state index contributed by atoms with van der Waals surface area (Å²) >= 11 is 1.77. The Labute approximate surface area is 133 Å². The molecule has 0 bridgehead atoms. The van der Waals surface area contributed by atoms with Crippen molar-refractivity contribution in [2.75, 3.05) is 0 Å². The summed E-state index contributed by atoms with van der Waals surface area (Å²) in [4.78, 5) is 6.49. The third-order valence-electron chi connectivity index (χ3n) is 3.81. The van der Waals surface area contributed by atoms with Gasteiger partial charge in [-0.15, -0.1) is 0 Å². The number of aromatic nitrogens is 2. The van der Waals surface area contributed by atoms with Crippen molar-refractivity contribution in [2.45, 2.75) is 16.7 Å². The van der Waals surface area contributed by atoms with Gasteiger partial charge in [0.1, 0.15) is 23.4 Å². The Balaban J connectivity index is 1.94. The molecule has 0 radical (unpaired) electrons. The zero-order valence-corrected chi connectivity index (χ0v) is 13.2. The van der Waals surface area contributed by atoms with Gasteiger partial charge < -0.3 is 4.74 Å². The first-order valence-corrected chi connectivity index (χ1v) is 7.94. The monoisotopic (exact) mass is 307 g/mol. The Morgan fingerprint density at radius 2 is 1.91 bits per heavy atom. The fraction of sp³-hybridized carbons (Fsp3) is 0.111. The predicted molar refractivity (Wildman–Crippen MR) is 86.2 cm³/mol. The van der Waals surface area contributed by atoms with Crippen LogP contribution in [-0.4, -0.2) is 4.98 Å². The maximum absolute atomic E-state index is 6.09. The van der Waals surface area contributed by atoms with Gasteiger partial charge in [0.2, 0.25) is 0 Å². The SMILES string of the molecule is Cc1ccc2c(c1-c1ccnc[n+]1C)Sc1ccccc1O2. The minimum atomic E-state index is 0.918. The highest BCUT2D eigenvalue weighted by molar-refractivity contribution is 7.99. The highest BCUT2D eigenvalue weighted by Gasteiger charge is 2.24. The second-order valence-electron chi connectivity index (χ2n) is 5.31. The normalized spacial score (nSPS) is 12.3. The predicted octanol–water partition coefficient (Wildman–Crippen LogP) is 4.14. The second-order valence-corrected chi connectivity index (χ2v) is 6.36. The van der Waals surface area contributed by atoms with Crippen molar-refractivity contribution in [2.24, 2.45) is 7.05 Å². The van der Waals surface area contributed by atoms with Crippen LogP contribution in [-0.2, 0) is 7.05 Å². The van der Waals surface area contributed by atoms with Gasteiger partial charge >= 0.3 is 0 Å². The van der Waals surface area contributed by atoms with Crippen LogP contribution in [0.1, 0.15) is 5.56 Å². The molecule has 108 valence electrons. The molecule has 4 heteroatoms. The molecule has 0 unspecified atom stereocenters. The summed E-state index contributed by atoms with van der Waals surface area (Å²) in [7, 11) is 2.02. The van der Waals surface area contributed by atoms with Gasteiger partial charge in [-0.05, 0) is 30.7 Å². The summed E-state index contributed by atoms with van der Waals surface area (Å²) in [5.41, 5.74) is 3.58. The molecular weight excluding hydrogens is 292 g/mol. The molecule has 0 atom stereocenters. The Morgan fingerprint density at radius 1 is 1.05 bits per heavy atom. The lowest BCUT2D eigenvalue weighted by Crippen LogP contribution is -2.31. The smallest absolute Gasteiger partial charge is 0.286 e. The molecule has 0 N–H and O–H groups in total. The van der Waals surface area contributed by atoms with E-state index in [1.807, 2.05) is 48.4 Å². The fourth-order valence-corrected chi connectivity index (χ4v) is 3.86. The maximum Gasteiger partial charge on any atom is 0.286 e. The van der Waals surface area contributed by atoms with Gasteiger partial charge in [-0.3, -0.25) is 0 Å². The number of hydrogen-bond donors (Lipinski definition) is 0. The molecule has 0 amide bonds. The highest BCUT2D eigenvalue weighted by atomic mass is 32.2. The quantitative estimate of drug-likeness (QED) is 0.494. The molecule has 3 nitrogen and oxygen atoms in total. The maximum atomic E-state index is 6.09. The van der Waals surface area contributed by atoms with Crippen LogP contribution in [0.4, 0.5) is 0 Å². The van der Waals surface area contributed by atoms with Crippen LogP contribution in [0, 0.1) is 6.92 Å². The summed E-state index contributed by atoms with van der Waals surface area (Å²) in [6.07, 6.45) is 3.66. The Morgan fingerprint density at radius 3 is 2.77 bits per heavy atom. The van der Waals surface area contributed by atoms with E-state index in [-0.39, 0.29) is 0 Å². The zero-order valence-electron chi connectivity index (χ0n) is 12.4. The lowest BCUT2D eigenvalue weighted by atomic mass is 10.0. The van der Waals surface area contributed by atoms with Crippen molar-refractivity contribution in [3.8, 4) is 22.8 Å². The molecule has 1 aromatic heterocycles. The van der Waals surface area contributed by atoms with Crippen molar-refractivity contribution in [3.63, 3.8) is 0 Å². The molecule has 0 fully saturated rings. The van der Waals surface area contributed by atoms with Gasteiger partial charge in [-0.1, -0.05) is 34.9 Å². The van der Waals surface area contributed by atoms with E-state index >= 15 is 0 Å². The molecule has 22 heavy (non-hydrogen) atoms. The average Bonchev–Trinajstić information content (AvgIpc) is 2.54. The molecule has 0 aliphatic carbocycles. The van der Waals surface area contributed by atoms with E-state index in [4.69, 9.17) is 4.74 Å². The number of benzene rings is 2. The van der Waals surface area contributed by atoms with E-state index < -0.39 is 0 Å². The zero-order chi connectivity index (χ0) is 15.1. The van der Waals surface area contributed by atoms with Crippen LogP contribution in [0.5, 0.6) is 11.5 Å². The number of para-hydroxylation sites is 1. The molecule has 4 rings (SSSR count). The third kappa shape index (κ3) is 2.07. The van der Waals surface area contributed by atoms with Crippen molar-refractivity contribution in [3.05, 3.63) is 60.6 Å². The molecule has 2 heterocycles. The van der Waals surface area contributed by atoms with E-state index in [0.717, 1.165) is 22.1 Å². The van der Waals surface area contributed by atoms with Gasteiger partial charge in [0.15, 0.2) is 0 Å². The Bertz CT molecular complexity index is 877. The van der Waals surface area contributed by atoms with Crippen LogP contribution in [0.2, 0.25) is 0 Å². The lowest BCUT2D eigenvalue weighted by molar-refractivity contribution is -0.663. The van der Waals surface area contributed by atoms with Crippen LogP contribution >= 0.6 is 11.8 Å². The van der Waals surface area contributed by atoms with Crippen molar-refractivity contribution in [1.82, 2.24) is 4.98 Å². The van der Waals surface area contributed by atoms with Crippen molar-refractivity contribution in [1.29, 1.82) is 0 Å². The minimum Gasteiger partial charge on any atom is -0.455 e. The number of rotatable bonds is 1. The highest BCUT2D eigenvalue weighted by Crippen LogP contribution is 2.51. The summed E-state index contributed by atoms with van der Waals surface area (Å²) in [5.74, 6) is 1.84. The van der Waals surface area contributed by atoms with Crippen LogP contribution in [0.25, 0.3) is 11.3 Å². The number of hydrogen-bond acceptors (Lipinski definition) is 3. The molecule has 1 aliphatic heterocycles. The Hall–Kier alpha value is -2.33. The van der Waals surface area contributed by atoms with Crippen molar-refractivity contribution >= 4 is 11.8 Å². The molecule has 2 aromatic carbocycles. The third-order valence-corrected chi connectivity index (χ3v) is 4.97. The molecule has 0 saturated heterocycles. The topological polar surface area (TPSA) is 26.0 Å². The molecule has 0 spiro atoms. The standard InChI is InChI=1S/C18H15N2OS/c1-12-7-8-15-18(17(12)13-9-10-19-11-20(13)2)22-16-6-4-3-5-14(16)21-15/h3-11H,1-2H3/q+1. The number of fused-ring (bicyclic) bond motifs is 2. The number of nitrogens with zero attached hydrogens (tertiary/aromatic N) is 2. The van der Waals surface area contributed by atoms with Gasteiger partial charge in [-0.2, -0.15) is 0 Å².